The van der Waals surface area contributed by atoms with Crippen LogP contribution in [0.25, 0.3) is 21.7 Å². The van der Waals surface area contributed by atoms with Crippen LogP contribution >= 0.6 is 34.5 Å². The number of aromatic nitrogens is 4. The second kappa shape index (κ2) is 6.63. The Morgan fingerprint density at radius 1 is 1.16 bits per heavy atom. The van der Waals surface area contributed by atoms with E-state index in [0.717, 1.165) is 32.9 Å². The van der Waals surface area contributed by atoms with Gasteiger partial charge in [0, 0.05) is 12.7 Å². The number of fused-ring (bicyclic) bond motifs is 1. The van der Waals surface area contributed by atoms with Crippen molar-refractivity contribution in [2.45, 2.75) is 13.5 Å². The van der Waals surface area contributed by atoms with Gasteiger partial charge in [-0.3, -0.25) is 5.10 Å². The molecule has 126 valence electrons. The molecule has 0 spiro atoms. The molecule has 0 amide bonds. The van der Waals surface area contributed by atoms with Gasteiger partial charge in [0.15, 0.2) is 5.82 Å². The first kappa shape index (κ1) is 16.3. The van der Waals surface area contributed by atoms with Crippen molar-refractivity contribution >= 4 is 50.6 Å². The summed E-state index contributed by atoms with van der Waals surface area (Å²) >= 11 is 13.7. The normalized spacial score (nSPS) is 11.2. The first-order valence-electron chi connectivity index (χ1n) is 7.55. The zero-order valence-electron chi connectivity index (χ0n) is 13.2. The van der Waals surface area contributed by atoms with Gasteiger partial charge in [-0.15, -0.1) is 11.3 Å². The number of aromatic amines is 1. The minimum absolute atomic E-state index is 0.540. The fourth-order valence-electron chi connectivity index (χ4n) is 2.55. The Balaban J connectivity index is 1.72. The Bertz CT molecular complexity index is 1040. The van der Waals surface area contributed by atoms with Crippen LogP contribution in [0.2, 0.25) is 10.0 Å². The molecule has 0 fully saturated rings. The van der Waals surface area contributed by atoms with Crippen LogP contribution in [-0.4, -0.2) is 20.2 Å². The molecule has 4 aromatic rings. The number of hydrogen-bond acceptors (Lipinski definition) is 5. The first-order chi connectivity index (χ1) is 12.1. The molecule has 0 radical (unpaired) electrons. The largest absolute Gasteiger partial charge is 0.365 e. The molecule has 3 aromatic heterocycles. The van der Waals surface area contributed by atoms with Crippen LogP contribution < -0.4 is 5.32 Å². The smallest absolute Gasteiger partial charge is 0.180 e. The first-order valence-corrected chi connectivity index (χ1v) is 9.19. The van der Waals surface area contributed by atoms with Crippen LogP contribution in [0, 0.1) is 6.92 Å². The van der Waals surface area contributed by atoms with E-state index in [1.807, 2.05) is 18.2 Å². The number of thiophene rings is 1. The second-order valence-corrected chi connectivity index (χ2v) is 7.24. The number of benzene rings is 1. The van der Waals surface area contributed by atoms with Crippen LogP contribution in [0.1, 0.15) is 11.1 Å². The molecule has 8 heteroatoms. The van der Waals surface area contributed by atoms with E-state index in [1.165, 1.54) is 0 Å². The molecule has 0 aliphatic heterocycles. The van der Waals surface area contributed by atoms with E-state index in [2.05, 4.69) is 37.8 Å². The van der Waals surface area contributed by atoms with Gasteiger partial charge in [0.25, 0.3) is 0 Å². The minimum Gasteiger partial charge on any atom is -0.365 e. The highest BCUT2D eigenvalue weighted by molar-refractivity contribution is 7.17. The number of rotatable bonds is 4. The fraction of sp³-hybridized carbons (Fsp3) is 0.118. The molecule has 0 unspecified atom stereocenters. The summed E-state index contributed by atoms with van der Waals surface area (Å²) in [6.07, 6.45) is 1.69. The SMILES string of the molecule is Cc1csc2nc(-c3ccn[nH]3)nc(NCc3ccc(Cl)c(Cl)c3)c12. The van der Waals surface area contributed by atoms with Crippen molar-refractivity contribution < 1.29 is 0 Å². The predicted octanol–water partition coefficient (Wildman–Crippen LogP) is 5.31. The molecule has 1 aromatic carbocycles. The topological polar surface area (TPSA) is 66.5 Å². The maximum absolute atomic E-state index is 6.10. The molecule has 0 saturated heterocycles. The fourth-order valence-corrected chi connectivity index (χ4v) is 3.79. The number of nitrogens with zero attached hydrogens (tertiary/aromatic N) is 3. The van der Waals surface area contributed by atoms with E-state index in [0.29, 0.717) is 22.4 Å². The summed E-state index contributed by atoms with van der Waals surface area (Å²) in [6.45, 7) is 2.64. The maximum atomic E-state index is 6.10. The lowest BCUT2D eigenvalue weighted by Crippen LogP contribution is -2.04. The third-order valence-electron chi connectivity index (χ3n) is 3.80. The average Bonchev–Trinajstić information content (AvgIpc) is 3.26. The lowest BCUT2D eigenvalue weighted by Gasteiger charge is -2.10. The maximum Gasteiger partial charge on any atom is 0.180 e. The van der Waals surface area contributed by atoms with E-state index in [9.17, 15) is 0 Å². The van der Waals surface area contributed by atoms with Gasteiger partial charge < -0.3 is 5.32 Å². The van der Waals surface area contributed by atoms with Crippen LogP contribution in [0.4, 0.5) is 5.82 Å². The van der Waals surface area contributed by atoms with E-state index in [4.69, 9.17) is 23.2 Å². The zero-order valence-corrected chi connectivity index (χ0v) is 15.5. The second-order valence-electron chi connectivity index (χ2n) is 5.57. The van der Waals surface area contributed by atoms with Crippen molar-refractivity contribution in [3.05, 3.63) is 57.0 Å². The molecule has 0 atom stereocenters. The Morgan fingerprint density at radius 3 is 2.80 bits per heavy atom. The Morgan fingerprint density at radius 2 is 2.04 bits per heavy atom. The van der Waals surface area contributed by atoms with Crippen molar-refractivity contribution in [3.63, 3.8) is 0 Å². The highest BCUT2D eigenvalue weighted by Gasteiger charge is 2.14. The third-order valence-corrected chi connectivity index (χ3v) is 5.53. The lowest BCUT2D eigenvalue weighted by molar-refractivity contribution is 1.06. The molecule has 3 heterocycles. The number of aryl methyl sites for hydroxylation is 1. The summed E-state index contributed by atoms with van der Waals surface area (Å²) in [5.74, 6) is 1.41. The Kier molecular flexibility index (Phi) is 4.33. The molecular weight excluding hydrogens is 377 g/mol. The van der Waals surface area contributed by atoms with Crippen molar-refractivity contribution in [1.82, 2.24) is 20.2 Å². The van der Waals surface area contributed by atoms with Crippen molar-refractivity contribution in [2.75, 3.05) is 5.32 Å². The summed E-state index contributed by atoms with van der Waals surface area (Å²) in [7, 11) is 0. The predicted molar refractivity (Wildman–Crippen MR) is 104 cm³/mol. The molecule has 25 heavy (non-hydrogen) atoms. The monoisotopic (exact) mass is 389 g/mol. The third kappa shape index (κ3) is 3.20. The number of nitrogens with one attached hydrogen (secondary N) is 2. The molecule has 0 aliphatic carbocycles. The van der Waals surface area contributed by atoms with E-state index in [-0.39, 0.29) is 0 Å². The van der Waals surface area contributed by atoms with Gasteiger partial charge >= 0.3 is 0 Å². The molecule has 4 rings (SSSR count). The summed E-state index contributed by atoms with van der Waals surface area (Å²) in [5, 5.41) is 14.5. The van der Waals surface area contributed by atoms with E-state index in [1.54, 1.807) is 23.6 Å². The summed E-state index contributed by atoms with van der Waals surface area (Å²) in [4.78, 5) is 10.3. The molecule has 5 nitrogen and oxygen atoms in total. The van der Waals surface area contributed by atoms with E-state index < -0.39 is 0 Å². The molecule has 0 aliphatic rings. The lowest BCUT2D eigenvalue weighted by atomic mass is 10.2. The number of anilines is 1. The highest BCUT2D eigenvalue weighted by atomic mass is 35.5. The van der Waals surface area contributed by atoms with Crippen LogP contribution in [0.15, 0.2) is 35.8 Å². The van der Waals surface area contributed by atoms with Crippen molar-refractivity contribution in [2.24, 2.45) is 0 Å². The highest BCUT2D eigenvalue weighted by Crippen LogP contribution is 2.32. The van der Waals surface area contributed by atoms with Crippen LogP contribution in [-0.2, 0) is 6.54 Å². The quantitative estimate of drug-likeness (QED) is 0.496. The summed E-state index contributed by atoms with van der Waals surface area (Å²) in [5.41, 5.74) is 2.95. The number of H-pyrrole nitrogens is 1. The van der Waals surface area contributed by atoms with Gasteiger partial charge in [-0.1, -0.05) is 29.3 Å². The van der Waals surface area contributed by atoms with Gasteiger partial charge in [0.1, 0.15) is 16.3 Å². The molecule has 0 bridgehead atoms. The molecule has 2 N–H and O–H groups in total. The van der Waals surface area contributed by atoms with Crippen molar-refractivity contribution in [1.29, 1.82) is 0 Å². The van der Waals surface area contributed by atoms with Gasteiger partial charge in [0.05, 0.1) is 15.4 Å². The Labute approximate surface area is 158 Å². The van der Waals surface area contributed by atoms with Crippen molar-refractivity contribution in [3.8, 4) is 11.5 Å². The van der Waals surface area contributed by atoms with Gasteiger partial charge in [-0.25, -0.2) is 9.97 Å². The molecule has 0 saturated carbocycles. The van der Waals surface area contributed by atoms with Gasteiger partial charge in [0.2, 0.25) is 0 Å². The minimum atomic E-state index is 0.540. The van der Waals surface area contributed by atoms with Crippen LogP contribution in [0.5, 0.6) is 0 Å². The van der Waals surface area contributed by atoms with Gasteiger partial charge in [-0.05, 0) is 41.6 Å². The molecular formula is C17H13Cl2N5S. The zero-order chi connectivity index (χ0) is 17.4. The standard InChI is InChI=1S/C17H13Cl2N5S/c1-9-8-25-17-14(9)16(22-15(23-17)13-4-5-21-24-13)20-7-10-2-3-11(18)12(19)6-10/h2-6,8H,7H2,1H3,(H,21,24)(H,20,22,23). The summed E-state index contributed by atoms with van der Waals surface area (Å²) in [6, 6.07) is 7.44. The summed E-state index contributed by atoms with van der Waals surface area (Å²) < 4.78 is 0. The Hall–Kier alpha value is -2.15. The van der Waals surface area contributed by atoms with E-state index >= 15 is 0 Å². The van der Waals surface area contributed by atoms with Gasteiger partial charge in [-0.2, -0.15) is 5.10 Å². The average molecular weight is 390 g/mol. The van der Waals surface area contributed by atoms with Crippen LogP contribution in [0.3, 0.4) is 0 Å². The number of halogens is 2. The number of hydrogen-bond donors (Lipinski definition) is 2.